The van der Waals surface area contributed by atoms with Crippen molar-refractivity contribution >= 4 is 15.9 Å². The Kier molecular flexibility index (Phi) is 5.96. The van der Waals surface area contributed by atoms with Crippen LogP contribution < -0.4 is 15.2 Å². The van der Waals surface area contributed by atoms with E-state index in [-0.39, 0.29) is 0 Å². The van der Waals surface area contributed by atoms with Gasteiger partial charge in [0.25, 0.3) is 0 Å². The lowest BCUT2D eigenvalue weighted by molar-refractivity contribution is 0.377. The highest BCUT2D eigenvalue weighted by atomic mass is 79.9. The Bertz CT molecular complexity index is 396. The second-order valence-electron chi connectivity index (χ2n) is 4.57. The third-order valence-electron chi connectivity index (χ3n) is 3.47. The van der Waals surface area contributed by atoms with Crippen molar-refractivity contribution in [3.63, 3.8) is 0 Å². The van der Waals surface area contributed by atoms with Crippen LogP contribution in [0.1, 0.15) is 31.7 Å². The number of methoxy groups -OCH3 is 2. The summed E-state index contributed by atoms with van der Waals surface area (Å²) in [6.45, 7) is 5.14. The maximum Gasteiger partial charge on any atom is 0.136 e. The molecule has 2 unspecified atom stereocenters. The fourth-order valence-electron chi connectivity index (χ4n) is 2.06. The van der Waals surface area contributed by atoms with Gasteiger partial charge >= 0.3 is 0 Å². The second-order valence-corrected chi connectivity index (χ2v) is 5.43. The zero-order valence-corrected chi connectivity index (χ0v) is 13.1. The molecule has 2 N–H and O–H groups in total. The average molecular weight is 316 g/mol. The average Bonchev–Trinajstić information content (AvgIpc) is 2.37. The van der Waals surface area contributed by atoms with Gasteiger partial charge in [-0.3, -0.25) is 0 Å². The molecule has 0 aliphatic heterocycles. The Hall–Kier alpha value is -0.740. The number of rotatable bonds is 6. The fourth-order valence-corrected chi connectivity index (χ4v) is 2.58. The standard InChI is InChI=1S/C14H22BrNO2/c1-9(5-6-16)10(2)11-7-12(15)14(18-4)8-13(11)17-3/h7-10H,5-6,16H2,1-4H3. The molecular formula is C14H22BrNO2. The summed E-state index contributed by atoms with van der Waals surface area (Å²) in [5.41, 5.74) is 6.82. The molecule has 0 spiro atoms. The lowest BCUT2D eigenvalue weighted by Gasteiger charge is -2.22. The summed E-state index contributed by atoms with van der Waals surface area (Å²) >= 11 is 3.52. The highest BCUT2D eigenvalue weighted by Gasteiger charge is 2.19. The van der Waals surface area contributed by atoms with E-state index in [1.54, 1.807) is 14.2 Å². The minimum atomic E-state index is 0.394. The molecule has 1 rings (SSSR count). The monoisotopic (exact) mass is 315 g/mol. The van der Waals surface area contributed by atoms with Crippen molar-refractivity contribution in [1.29, 1.82) is 0 Å². The molecule has 0 fully saturated rings. The molecule has 102 valence electrons. The number of ether oxygens (including phenoxy) is 2. The van der Waals surface area contributed by atoms with Gasteiger partial charge in [-0.15, -0.1) is 0 Å². The predicted octanol–water partition coefficient (Wildman–Crippen LogP) is 3.55. The zero-order chi connectivity index (χ0) is 13.7. The Labute approximate surface area is 118 Å². The van der Waals surface area contributed by atoms with Crippen LogP contribution in [0.25, 0.3) is 0 Å². The maximum atomic E-state index is 5.63. The van der Waals surface area contributed by atoms with Crippen LogP contribution in [-0.4, -0.2) is 20.8 Å². The van der Waals surface area contributed by atoms with Crippen molar-refractivity contribution in [2.45, 2.75) is 26.2 Å². The van der Waals surface area contributed by atoms with E-state index in [9.17, 15) is 0 Å². The summed E-state index contributed by atoms with van der Waals surface area (Å²) in [4.78, 5) is 0. The third kappa shape index (κ3) is 3.39. The first-order valence-electron chi connectivity index (χ1n) is 6.16. The van der Waals surface area contributed by atoms with Crippen molar-refractivity contribution < 1.29 is 9.47 Å². The van der Waals surface area contributed by atoms with Crippen LogP contribution in [0, 0.1) is 5.92 Å². The van der Waals surface area contributed by atoms with Crippen molar-refractivity contribution in [2.24, 2.45) is 11.7 Å². The molecule has 0 aliphatic carbocycles. The van der Waals surface area contributed by atoms with Gasteiger partial charge in [-0.2, -0.15) is 0 Å². The van der Waals surface area contributed by atoms with Gasteiger partial charge in [-0.25, -0.2) is 0 Å². The third-order valence-corrected chi connectivity index (χ3v) is 4.09. The minimum absolute atomic E-state index is 0.394. The quantitative estimate of drug-likeness (QED) is 0.873. The second kappa shape index (κ2) is 7.00. The van der Waals surface area contributed by atoms with E-state index < -0.39 is 0 Å². The van der Waals surface area contributed by atoms with Crippen LogP contribution in [0.3, 0.4) is 0 Å². The molecule has 1 aromatic carbocycles. The first-order valence-corrected chi connectivity index (χ1v) is 6.95. The topological polar surface area (TPSA) is 44.5 Å². The minimum Gasteiger partial charge on any atom is -0.496 e. The molecule has 2 atom stereocenters. The highest BCUT2D eigenvalue weighted by molar-refractivity contribution is 9.10. The first-order chi connectivity index (χ1) is 8.54. The molecule has 4 heteroatoms. The van der Waals surface area contributed by atoms with Crippen LogP contribution in [0.5, 0.6) is 11.5 Å². The molecule has 0 amide bonds. The lowest BCUT2D eigenvalue weighted by Crippen LogP contribution is -2.13. The number of nitrogens with two attached hydrogens (primary N) is 1. The fraction of sp³-hybridized carbons (Fsp3) is 0.571. The molecule has 1 aromatic rings. The van der Waals surface area contributed by atoms with E-state index in [1.807, 2.05) is 6.07 Å². The van der Waals surface area contributed by atoms with Gasteiger partial charge in [-0.1, -0.05) is 13.8 Å². The Morgan fingerprint density at radius 2 is 1.78 bits per heavy atom. The highest BCUT2D eigenvalue weighted by Crippen LogP contribution is 2.39. The number of halogens is 1. The summed E-state index contributed by atoms with van der Waals surface area (Å²) in [5, 5.41) is 0. The van der Waals surface area contributed by atoms with Gasteiger partial charge in [0.1, 0.15) is 11.5 Å². The smallest absolute Gasteiger partial charge is 0.136 e. The van der Waals surface area contributed by atoms with Gasteiger partial charge in [0.15, 0.2) is 0 Å². The van der Waals surface area contributed by atoms with Crippen molar-refractivity contribution in [2.75, 3.05) is 20.8 Å². The van der Waals surface area contributed by atoms with Gasteiger partial charge in [0.2, 0.25) is 0 Å². The molecule has 0 aliphatic rings. The Balaban J connectivity index is 3.10. The molecule has 0 radical (unpaired) electrons. The van der Waals surface area contributed by atoms with E-state index in [0.717, 1.165) is 22.4 Å². The van der Waals surface area contributed by atoms with Crippen LogP contribution in [0.15, 0.2) is 16.6 Å². The normalized spacial score (nSPS) is 14.1. The molecule has 0 aromatic heterocycles. The molecule has 0 saturated heterocycles. The Morgan fingerprint density at radius 3 is 2.28 bits per heavy atom. The van der Waals surface area contributed by atoms with Crippen LogP contribution >= 0.6 is 15.9 Å². The van der Waals surface area contributed by atoms with Crippen LogP contribution in [0.2, 0.25) is 0 Å². The summed E-state index contributed by atoms with van der Waals surface area (Å²) in [6, 6.07) is 4.00. The number of hydrogen-bond acceptors (Lipinski definition) is 3. The maximum absolute atomic E-state index is 5.63. The van der Waals surface area contributed by atoms with Crippen molar-refractivity contribution in [3.05, 3.63) is 22.2 Å². The molecule has 3 nitrogen and oxygen atoms in total. The van der Waals surface area contributed by atoms with E-state index in [2.05, 4.69) is 35.8 Å². The van der Waals surface area contributed by atoms with Gasteiger partial charge in [-0.05, 0) is 52.4 Å². The van der Waals surface area contributed by atoms with Crippen molar-refractivity contribution in [1.82, 2.24) is 0 Å². The molecule has 0 bridgehead atoms. The van der Waals surface area contributed by atoms with E-state index in [1.165, 1.54) is 5.56 Å². The molecule has 0 heterocycles. The van der Waals surface area contributed by atoms with E-state index in [0.29, 0.717) is 18.4 Å². The summed E-state index contributed by atoms with van der Waals surface area (Å²) in [7, 11) is 3.34. The number of hydrogen-bond donors (Lipinski definition) is 1. The summed E-state index contributed by atoms with van der Waals surface area (Å²) in [6.07, 6.45) is 1.01. The van der Waals surface area contributed by atoms with E-state index in [4.69, 9.17) is 15.2 Å². The Morgan fingerprint density at radius 1 is 1.17 bits per heavy atom. The van der Waals surface area contributed by atoms with Crippen molar-refractivity contribution in [3.8, 4) is 11.5 Å². The zero-order valence-electron chi connectivity index (χ0n) is 11.5. The van der Waals surface area contributed by atoms with Gasteiger partial charge in [0.05, 0.1) is 18.7 Å². The van der Waals surface area contributed by atoms with Gasteiger partial charge in [0, 0.05) is 6.07 Å². The van der Waals surface area contributed by atoms with Crippen LogP contribution in [0.4, 0.5) is 0 Å². The molecule has 18 heavy (non-hydrogen) atoms. The SMILES string of the molecule is COc1cc(OC)c(C(C)C(C)CCN)cc1Br. The number of benzene rings is 1. The summed E-state index contributed by atoms with van der Waals surface area (Å²) in [5.74, 6) is 2.57. The first kappa shape index (κ1) is 15.3. The largest absolute Gasteiger partial charge is 0.496 e. The van der Waals surface area contributed by atoms with E-state index >= 15 is 0 Å². The molecular weight excluding hydrogens is 294 g/mol. The molecule has 0 saturated carbocycles. The van der Waals surface area contributed by atoms with Crippen LogP contribution in [-0.2, 0) is 0 Å². The summed E-state index contributed by atoms with van der Waals surface area (Å²) < 4.78 is 11.7. The van der Waals surface area contributed by atoms with Gasteiger partial charge < -0.3 is 15.2 Å². The predicted molar refractivity (Wildman–Crippen MR) is 78.5 cm³/mol. The lowest BCUT2D eigenvalue weighted by atomic mass is 9.86.